The average molecular weight is 293 g/mol. The number of aryl methyl sites for hydroxylation is 1. The summed E-state index contributed by atoms with van der Waals surface area (Å²) in [5, 5.41) is 3.81. The van der Waals surface area contributed by atoms with Gasteiger partial charge in [0.05, 0.1) is 0 Å². The van der Waals surface area contributed by atoms with Gasteiger partial charge in [0.2, 0.25) is 0 Å². The summed E-state index contributed by atoms with van der Waals surface area (Å²) in [6.07, 6.45) is 4.19. The highest BCUT2D eigenvalue weighted by Gasteiger charge is 2.16. The largest absolute Gasteiger partial charge is 0.310 e. The third kappa shape index (κ3) is 3.56. The number of pyridine rings is 1. The number of rotatable bonds is 5. The third-order valence-electron chi connectivity index (χ3n) is 3.34. The van der Waals surface area contributed by atoms with Crippen molar-refractivity contribution < 1.29 is 4.39 Å². The highest BCUT2D eigenvalue weighted by atomic mass is 35.5. The fourth-order valence-corrected chi connectivity index (χ4v) is 2.45. The quantitative estimate of drug-likeness (QED) is 0.898. The predicted molar refractivity (Wildman–Crippen MR) is 80.5 cm³/mol. The van der Waals surface area contributed by atoms with Crippen LogP contribution in [0.25, 0.3) is 0 Å². The summed E-state index contributed by atoms with van der Waals surface area (Å²) >= 11 is 5.79. The summed E-state index contributed by atoms with van der Waals surface area (Å²) in [5.74, 6) is -0.262. The molecule has 0 bridgehead atoms. The van der Waals surface area contributed by atoms with Crippen LogP contribution in [0.2, 0.25) is 5.02 Å². The van der Waals surface area contributed by atoms with Gasteiger partial charge < -0.3 is 5.32 Å². The Labute approximate surface area is 124 Å². The Kier molecular flexibility index (Phi) is 5.10. The molecule has 0 aliphatic heterocycles. The summed E-state index contributed by atoms with van der Waals surface area (Å²) in [6, 6.07) is 6.84. The summed E-state index contributed by atoms with van der Waals surface area (Å²) in [7, 11) is 0. The monoisotopic (exact) mass is 292 g/mol. The van der Waals surface area contributed by atoms with Crippen LogP contribution in [-0.2, 0) is 6.42 Å². The standard InChI is InChI=1S/C16H18ClFN2/c1-3-20-16(14-10-19-7-6-11(14)2)8-12-4-5-13(17)9-15(12)18/h4-7,9-10,16,20H,3,8H2,1-2H3. The van der Waals surface area contributed by atoms with Gasteiger partial charge in [-0.25, -0.2) is 4.39 Å². The zero-order chi connectivity index (χ0) is 14.5. The Bertz CT molecular complexity index is 586. The molecule has 2 aromatic rings. The van der Waals surface area contributed by atoms with Gasteiger partial charge in [0.25, 0.3) is 0 Å². The van der Waals surface area contributed by atoms with E-state index in [2.05, 4.69) is 10.3 Å². The maximum absolute atomic E-state index is 13.9. The topological polar surface area (TPSA) is 24.9 Å². The van der Waals surface area contributed by atoms with E-state index in [9.17, 15) is 4.39 Å². The number of hydrogen-bond acceptors (Lipinski definition) is 2. The van der Waals surface area contributed by atoms with Crippen molar-refractivity contribution in [3.63, 3.8) is 0 Å². The first-order chi connectivity index (χ1) is 9.61. The molecule has 0 amide bonds. The zero-order valence-corrected chi connectivity index (χ0v) is 12.4. The minimum absolute atomic E-state index is 0.0457. The van der Waals surface area contributed by atoms with Gasteiger partial charge in [-0.3, -0.25) is 4.98 Å². The molecule has 1 unspecified atom stereocenters. The van der Waals surface area contributed by atoms with E-state index >= 15 is 0 Å². The smallest absolute Gasteiger partial charge is 0.127 e. The molecule has 0 saturated heterocycles. The van der Waals surface area contributed by atoms with Crippen molar-refractivity contribution >= 4 is 11.6 Å². The molecule has 106 valence electrons. The van der Waals surface area contributed by atoms with E-state index in [0.717, 1.165) is 17.7 Å². The van der Waals surface area contributed by atoms with Crippen molar-refractivity contribution in [2.45, 2.75) is 26.3 Å². The Morgan fingerprint density at radius 2 is 2.15 bits per heavy atom. The van der Waals surface area contributed by atoms with Crippen LogP contribution in [0.3, 0.4) is 0 Å². The summed E-state index contributed by atoms with van der Waals surface area (Å²) in [4.78, 5) is 4.17. The zero-order valence-electron chi connectivity index (χ0n) is 11.7. The predicted octanol–water partition coefficient (Wildman–Crippen LogP) is 4.08. The molecule has 1 aromatic carbocycles. The summed E-state index contributed by atoms with van der Waals surface area (Å²) < 4.78 is 13.9. The van der Waals surface area contributed by atoms with E-state index < -0.39 is 0 Å². The Morgan fingerprint density at radius 1 is 1.35 bits per heavy atom. The van der Waals surface area contributed by atoms with Crippen LogP contribution in [0.1, 0.15) is 29.7 Å². The van der Waals surface area contributed by atoms with Gasteiger partial charge in [0.1, 0.15) is 5.82 Å². The third-order valence-corrected chi connectivity index (χ3v) is 3.58. The fourth-order valence-electron chi connectivity index (χ4n) is 2.29. The molecular formula is C16H18ClFN2. The molecule has 0 spiro atoms. The number of nitrogens with one attached hydrogen (secondary N) is 1. The average Bonchev–Trinajstić information content (AvgIpc) is 2.42. The van der Waals surface area contributed by atoms with Crippen molar-refractivity contribution in [1.82, 2.24) is 10.3 Å². The van der Waals surface area contributed by atoms with E-state index in [1.54, 1.807) is 18.3 Å². The molecule has 2 nitrogen and oxygen atoms in total. The molecule has 1 heterocycles. The number of aromatic nitrogens is 1. The maximum atomic E-state index is 13.9. The van der Waals surface area contributed by atoms with E-state index in [-0.39, 0.29) is 11.9 Å². The van der Waals surface area contributed by atoms with Crippen LogP contribution < -0.4 is 5.32 Å². The number of likely N-dealkylation sites (N-methyl/N-ethyl adjacent to an activating group) is 1. The lowest BCUT2D eigenvalue weighted by Gasteiger charge is -2.20. The van der Waals surface area contributed by atoms with Crippen molar-refractivity contribution in [1.29, 1.82) is 0 Å². The lowest BCUT2D eigenvalue weighted by atomic mass is 9.96. The molecule has 0 saturated carbocycles. The van der Waals surface area contributed by atoms with Crippen molar-refractivity contribution in [3.8, 4) is 0 Å². The molecule has 1 N–H and O–H groups in total. The number of hydrogen-bond donors (Lipinski definition) is 1. The highest BCUT2D eigenvalue weighted by Crippen LogP contribution is 2.23. The Balaban J connectivity index is 2.28. The van der Waals surface area contributed by atoms with Gasteiger partial charge in [-0.1, -0.05) is 24.6 Å². The maximum Gasteiger partial charge on any atom is 0.127 e. The van der Waals surface area contributed by atoms with Gasteiger partial charge in [-0.2, -0.15) is 0 Å². The number of benzene rings is 1. The molecule has 0 aliphatic rings. The lowest BCUT2D eigenvalue weighted by molar-refractivity contribution is 0.525. The van der Waals surface area contributed by atoms with E-state index in [4.69, 9.17) is 11.6 Å². The first-order valence-corrected chi connectivity index (χ1v) is 7.07. The van der Waals surface area contributed by atoms with Crippen LogP contribution in [0.5, 0.6) is 0 Å². The van der Waals surface area contributed by atoms with Gasteiger partial charge >= 0.3 is 0 Å². The SMILES string of the molecule is CCNC(Cc1ccc(Cl)cc1F)c1cnccc1C. The normalized spacial score (nSPS) is 12.4. The highest BCUT2D eigenvalue weighted by molar-refractivity contribution is 6.30. The molecule has 1 atom stereocenters. The van der Waals surface area contributed by atoms with Crippen molar-refractivity contribution in [2.75, 3.05) is 6.54 Å². The van der Waals surface area contributed by atoms with Crippen molar-refractivity contribution in [3.05, 3.63) is 64.2 Å². The number of nitrogens with zero attached hydrogens (tertiary/aromatic N) is 1. The first kappa shape index (κ1) is 14.9. The minimum Gasteiger partial charge on any atom is -0.310 e. The second-order valence-electron chi connectivity index (χ2n) is 4.78. The fraction of sp³-hybridized carbons (Fsp3) is 0.312. The lowest BCUT2D eigenvalue weighted by Crippen LogP contribution is -2.24. The summed E-state index contributed by atoms with van der Waals surface area (Å²) in [6.45, 7) is 4.89. The molecule has 0 aliphatic carbocycles. The van der Waals surface area contributed by atoms with Gasteiger partial charge in [-0.05, 0) is 54.8 Å². The van der Waals surface area contributed by atoms with Crippen LogP contribution >= 0.6 is 11.6 Å². The van der Waals surface area contributed by atoms with Crippen LogP contribution in [0.15, 0.2) is 36.7 Å². The summed E-state index contributed by atoms with van der Waals surface area (Å²) in [5.41, 5.74) is 2.91. The second-order valence-corrected chi connectivity index (χ2v) is 5.22. The van der Waals surface area contributed by atoms with E-state index in [1.807, 2.05) is 26.1 Å². The van der Waals surface area contributed by atoms with Crippen LogP contribution in [-0.4, -0.2) is 11.5 Å². The molecule has 1 aromatic heterocycles. The number of halogens is 2. The van der Waals surface area contributed by atoms with Crippen molar-refractivity contribution in [2.24, 2.45) is 0 Å². The van der Waals surface area contributed by atoms with E-state index in [1.165, 1.54) is 6.07 Å². The molecule has 0 fully saturated rings. The Hall–Kier alpha value is -1.45. The van der Waals surface area contributed by atoms with Gasteiger partial charge in [-0.15, -0.1) is 0 Å². The molecular weight excluding hydrogens is 275 g/mol. The van der Waals surface area contributed by atoms with Gasteiger partial charge in [0.15, 0.2) is 0 Å². The molecule has 0 radical (unpaired) electrons. The second kappa shape index (κ2) is 6.82. The van der Waals surface area contributed by atoms with E-state index in [0.29, 0.717) is 17.0 Å². The van der Waals surface area contributed by atoms with Crippen LogP contribution in [0, 0.1) is 12.7 Å². The molecule has 20 heavy (non-hydrogen) atoms. The molecule has 2 rings (SSSR count). The first-order valence-electron chi connectivity index (χ1n) is 6.69. The Morgan fingerprint density at radius 3 is 2.80 bits per heavy atom. The van der Waals surface area contributed by atoms with Crippen LogP contribution in [0.4, 0.5) is 4.39 Å². The minimum atomic E-state index is -0.262. The molecule has 4 heteroatoms. The van der Waals surface area contributed by atoms with Gasteiger partial charge in [0, 0.05) is 23.5 Å².